The molecular formula is C61H102O12. The summed E-state index contributed by atoms with van der Waals surface area (Å²) in [4.78, 5) is 51.0. The lowest BCUT2D eigenvalue weighted by Crippen LogP contribution is -2.61. The lowest BCUT2D eigenvalue weighted by atomic mass is 9.98. The summed E-state index contributed by atoms with van der Waals surface area (Å²) in [5.74, 6) is -3.17. The van der Waals surface area contributed by atoms with Crippen LogP contribution in [0.1, 0.15) is 239 Å². The predicted molar refractivity (Wildman–Crippen MR) is 294 cm³/mol. The Morgan fingerprint density at radius 3 is 1.38 bits per heavy atom. The van der Waals surface area contributed by atoms with Gasteiger partial charge in [-0.1, -0.05) is 209 Å². The number of carbonyl (C=O) groups is 4. The Kier molecular flexibility index (Phi) is 45.1. The van der Waals surface area contributed by atoms with Crippen molar-refractivity contribution < 1.29 is 58.2 Å². The van der Waals surface area contributed by atoms with Crippen LogP contribution < -0.4 is 0 Å². The van der Waals surface area contributed by atoms with Crippen LogP contribution in [0.3, 0.4) is 0 Å². The van der Waals surface area contributed by atoms with E-state index < -0.39 is 67.3 Å². The molecule has 3 N–H and O–H groups in total. The van der Waals surface area contributed by atoms with E-state index in [-0.39, 0.29) is 25.9 Å². The van der Waals surface area contributed by atoms with Crippen LogP contribution in [0.2, 0.25) is 0 Å². The number of aliphatic hydroxyl groups is 2. The zero-order chi connectivity index (χ0) is 53.3. The van der Waals surface area contributed by atoms with Crippen molar-refractivity contribution in [1.29, 1.82) is 0 Å². The number of aliphatic carboxylic acids is 1. The van der Waals surface area contributed by atoms with Gasteiger partial charge in [-0.3, -0.25) is 14.4 Å². The molecule has 0 aromatic carbocycles. The Morgan fingerprint density at radius 2 is 0.877 bits per heavy atom. The van der Waals surface area contributed by atoms with Gasteiger partial charge in [-0.2, -0.15) is 0 Å². The highest BCUT2D eigenvalue weighted by Crippen LogP contribution is 2.26. The third kappa shape index (κ3) is 39.3. The molecule has 6 atom stereocenters. The lowest BCUT2D eigenvalue weighted by Gasteiger charge is -2.40. The summed E-state index contributed by atoms with van der Waals surface area (Å²) >= 11 is 0. The van der Waals surface area contributed by atoms with Gasteiger partial charge in [0.2, 0.25) is 0 Å². The number of carbonyl (C=O) groups excluding carboxylic acids is 3. The van der Waals surface area contributed by atoms with E-state index in [1.54, 1.807) is 0 Å². The van der Waals surface area contributed by atoms with E-state index >= 15 is 0 Å². The Hall–Kier alpha value is -3.84. The van der Waals surface area contributed by atoms with Crippen molar-refractivity contribution >= 4 is 23.9 Å². The van der Waals surface area contributed by atoms with Gasteiger partial charge in [0.05, 0.1) is 6.61 Å². The maximum absolute atomic E-state index is 13.1. The fraction of sp³-hybridized carbons (Fsp3) is 0.738. The van der Waals surface area contributed by atoms with Gasteiger partial charge in [0.1, 0.15) is 18.8 Å². The monoisotopic (exact) mass is 1030 g/mol. The van der Waals surface area contributed by atoms with E-state index in [0.717, 1.165) is 116 Å². The zero-order valence-corrected chi connectivity index (χ0v) is 45.9. The minimum Gasteiger partial charge on any atom is -0.479 e. The smallest absolute Gasteiger partial charge is 0.335 e. The van der Waals surface area contributed by atoms with E-state index in [9.17, 15) is 34.5 Å². The Balaban J connectivity index is 2.70. The molecule has 12 heteroatoms. The second kappa shape index (κ2) is 49.1. The summed E-state index contributed by atoms with van der Waals surface area (Å²) in [5, 5.41) is 31.4. The molecule has 0 bridgehead atoms. The van der Waals surface area contributed by atoms with E-state index in [1.165, 1.54) is 64.2 Å². The van der Waals surface area contributed by atoms with Crippen LogP contribution >= 0.6 is 0 Å². The van der Waals surface area contributed by atoms with Crippen LogP contribution in [0, 0.1) is 0 Å². The fourth-order valence-electron chi connectivity index (χ4n) is 8.32. The molecule has 0 aromatic heterocycles. The number of unbranched alkanes of at least 4 members (excludes halogenated alkanes) is 22. The van der Waals surface area contributed by atoms with E-state index in [0.29, 0.717) is 19.3 Å². The summed E-state index contributed by atoms with van der Waals surface area (Å²) in [6, 6.07) is 0. The first-order chi connectivity index (χ1) is 35.6. The molecule has 1 aliphatic rings. The molecule has 1 heterocycles. The van der Waals surface area contributed by atoms with Gasteiger partial charge >= 0.3 is 23.9 Å². The van der Waals surface area contributed by atoms with Crippen LogP contribution in [0.25, 0.3) is 0 Å². The molecule has 1 rings (SSSR count). The average molecular weight is 1030 g/mol. The van der Waals surface area contributed by atoms with E-state index in [2.05, 4.69) is 93.7 Å². The number of hydrogen-bond donors (Lipinski definition) is 3. The number of esters is 3. The van der Waals surface area contributed by atoms with Crippen molar-refractivity contribution in [2.24, 2.45) is 0 Å². The van der Waals surface area contributed by atoms with Crippen molar-refractivity contribution in [2.75, 3.05) is 13.2 Å². The number of rotatable bonds is 48. The van der Waals surface area contributed by atoms with Gasteiger partial charge in [-0.15, -0.1) is 0 Å². The molecule has 1 aliphatic heterocycles. The SMILES string of the molecule is CC/C=C\C/C=C\C/C=C\C/C=C\C/C=C\CCCCCC(=O)OCC(COC1OC(C(=O)O)C(O)C(O)C1OC(=O)CCCCCCCCCCCCCCC)OC(=O)CCCCCCC/C=C\CCCC. The first kappa shape index (κ1) is 67.2. The molecule has 0 saturated carbocycles. The molecular weight excluding hydrogens is 925 g/mol. The summed E-state index contributed by atoms with van der Waals surface area (Å²) in [6.07, 6.45) is 48.8. The predicted octanol–water partition coefficient (Wildman–Crippen LogP) is 14.6. The summed E-state index contributed by atoms with van der Waals surface area (Å²) < 4.78 is 28.3. The quantitative estimate of drug-likeness (QED) is 0.0228. The minimum absolute atomic E-state index is 0.0574. The number of aliphatic hydroxyl groups excluding tert-OH is 2. The van der Waals surface area contributed by atoms with E-state index in [1.807, 2.05) is 0 Å². The van der Waals surface area contributed by atoms with Crippen molar-refractivity contribution in [3.8, 4) is 0 Å². The molecule has 0 amide bonds. The van der Waals surface area contributed by atoms with Crippen LogP contribution in [-0.2, 0) is 42.9 Å². The minimum atomic E-state index is -1.91. The molecule has 73 heavy (non-hydrogen) atoms. The molecule has 1 fully saturated rings. The largest absolute Gasteiger partial charge is 0.479 e. The van der Waals surface area contributed by atoms with Crippen molar-refractivity contribution in [2.45, 2.75) is 276 Å². The van der Waals surface area contributed by atoms with Crippen LogP contribution in [0.4, 0.5) is 0 Å². The maximum atomic E-state index is 13.1. The van der Waals surface area contributed by atoms with Crippen LogP contribution in [0.15, 0.2) is 72.9 Å². The molecule has 1 saturated heterocycles. The fourth-order valence-corrected chi connectivity index (χ4v) is 8.32. The van der Waals surface area contributed by atoms with Gasteiger partial charge in [-0.25, -0.2) is 4.79 Å². The Labute approximate surface area is 442 Å². The second-order valence-electron chi connectivity index (χ2n) is 19.5. The standard InChI is InChI=1S/C61H102O12/c1-4-7-10-13-16-19-22-24-25-26-27-28-29-31-33-35-38-41-44-47-53(62)69-50-52(71-54(63)48-45-42-39-36-32-21-18-15-12-9-6-3)51-70-61-59(57(66)56(65)58(73-61)60(67)68)72-55(64)49-46-43-40-37-34-30-23-20-17-14-11-8-5-2/h7,10,15-16,18-19,24-25,27-28,31,33,52,56-59,61,65-66H,4-6,8-9,11-14,17,20-23,26,29-30,32,34-51H2,1-3H3,(H,67,68)/b10-7-,18-15-,19-16-,25-24-,28-27-,33-31-. The van der Waals surface area contributed by atoms with Gasteiger partial charge in [0, 0.05) is 19.3 Å². The number of hydrogen-bond acceptors (Lipinski definition) is 11. The number of allylic oxidation sites excluding steroid dienone is 12. The number of carboxylic acid groups (broad SMARTS) is 1. The van der Waals surface area contributed by atoms with Crippen molar-refractivity contribution in [1.82, 2.24) is 0 Å². The van der Waals surface area contributed by atoms with Gasteiger partial charge in [-0.05, 0) is 83.5 Å². The van der Waals surface area contributed by atoms with E-state index in [4.69, 9.17) is 23.7 Å². The molecule has 0 spiro atoms. The summed E-state index contributed by atoms with van der Waals surface area (Å²) in [7, 11) is 0. The van der Waals surface area contributed by atoms with Crippen LogP contribution in [-0.4, -0.2) is 89.2 Å². The zero-order valence-electron chi connectivity index (χ0n) is 45.9. The van der Waals surface area contributed by atoms with Gasteiger partial charge in [0.15, 0.2) is 24.6 Å². The highest BCUT2D eigenvalue weighted by Gasteiger charge is 2.50. The summed E-state index contributed by atoms with van der Waals surface area (Å²) in [6.45, 7) is 5.79. The van der Waals surface area contributed by atoms with Crippen molar-refractivity contribution in [3.05, 3.63) is 72.9 Å². The second-order valence-corrected chi connectivity index (χ2v) is 19.5. The third-order valence-electron chi connectivity index (χ3n) is 12.8. The first-order valence-electron chi connectivity index (χ1n) is 28.9. The molecule has 0 radical (unpaired) electrons. The molecule has 418 valence electrons. The van der Waals surface area contributed by atoms with Gasteiger partial charge < -0.3 is 39.0 Å². The first-order valence-corrected chi connectivity index (χ1v) is 28.9. The summed E-state index contributed by atoms with van der Waals surface area (Å²) in [5.41, 5.74) is 0. The highest BCUT2D eigenvalue weighted by molar-refractivity contribution is 5.74. The normalized spacial score (nSPS) is 18.8. The maximum Gasteiger partial charge on any atom is 0.335 e. The Bertz CT molecular complexity index is 1550. The molecule has 6 unspecified atom stereocenters. The molecule has 12 nitrogen and oxygen atoms in total. The topological polar surface area (TPSA) is 175 Å². The average Bonchev–Trinajstić information content (AvgIpc) is 3.37. The molecule has 0 aromatic rings. The van der Waals surface area contributed by atoms with Crippen molar-refractivity contribution in [3.63, 3.8) is 0 Å². The molecule has 0 aliphatic carbocycles. The lowest BCUT2D eigenvalue weighted by molar-refractivity contribution is -0.301. The van der Waals surface area contributed by atoms with Crippen LogP contribution in [0.5, 0.6) is 0 Å². The van der Waals surface area contributed by atoms with Gasteiger partial charge in [0.25, 0.3) is 0 Å². The third-order valence-corrected chi connectivity index (χ3v) is 12.8. The number of carboxylic acids is 1. The highest BCUT2D eigenvalue weighted by atomic mass is 16.7. The number of ether oxygens (including phenoxy) is 5. The Morgan fingerprint density at radius 1 is 0.466 bits per heavy atom.